The summed E-state index contributed by atoms with van der Waals surface area (Å²) in [5, 5.41) is 3.61. The molecule has 1 unspecified atom stereocenters. The van der Waals surface area contributed by atoms with Crippen LogP contribution in [0.2, 0.25) is 10.0 Å². The molecule has 1 aliphatic rings. The number of halogens is 4. The molecule has 0 aliphatic carbocycles. The van der Waals surface area contributed by atoms with Crippen molar-refractivity contribution in [3.05, 3.63) is 69.3 Å². The average molecular weight is 467 g/mol. The predicted molar refractivity (Wildman–Crippen MR) is 120 cm³/mol. The molecule has 2 aromatic carbocycles. The molecule has 1 amide bonds. The highest BCUT2D eigenvalue weighted by atomic mass is 35.5. The number of nitrogens with one attached hydrogen (secondary N) is 1. The lowest BCUT2D eigenvalue weighted by molar-refractivity contribution is -0.120. The lowest BCUT2D eigenvalue weighted by Gasteiger charge is -2.34. The number of allylic oxidation sites excluding steroid dienone is 2. The van der Waals surface area contributed by atoms with E-state index in [9.17, 15) is 18.4 Å². The summed E-state index contributed by atoms with van der Waals surface area (Å²) in [6, 6.07) is 6.80. The Labute approximate surface area is 189 Å². The molecule has 0 bridgehead atoms. The lowest BCUT2D eigenvalue weighted by atomic mass is 9.90. The van der Waals surface area contributed by atoms with Crippen molar-refractivity contribution in [1.82, 2.24) is 0 Å². The molecule has 1 saturated heterocycles. The van der Waals surface area contributed by atoms with Gasteiger partial charge in [0.2, 0.25) is 5.91 Å². The number of rotatable bonds is 6. The highest BCUT2D eigenvalue weighted by molar-refractivity contribution is 6.40. The fraction of sp³-hybridized carbons (Fsp3) is 0.304. The van der Waals surface area contributed by atoms with E-state index in [-0.39, 0.29) is 34.1 Å². The summed E-state index contributed by atoms with van der Waals surface area (Å²) in [6.07, 6.45) is 2.69. The number of carbonyl (C=O) groups excluding carboxylic acids is 2. The van der Waals surface area contributed by atoms with Crippen molar-refractivity contribution in [2.75, 3.05) is 16.8 Å². The largest absolute Gasteiger partial charge is 0.359 e. The summed E-state index contributed by atoms with van der Waals surface area (Å²) < 4.78 is 27.2. The van der Waals surface area contributed by atoms with Gasteiger partial charge in [-0.1, -0.05) is 29.3 Å². The molecule has 1 fully saturated rings. The minimum absolute atomic E-state index is 0.0247. The lowest BCUT2D eigenvalue weighted by Crippen LogP contribution is -2.41. The van der Waals surface area contributed by atoms with E-state index >= 15 is 0 Å². The first-order chi connectivity index (χ1) is 14.6. The first kappa shape index (κ1) is 23.2. The fourth-order valence-electron chi connectivity index (χ4n) is 3.76. The molecule has 31 heavy (non-hydrogen) atoms. The van der Waals surface area contributed by atoms with E-state index in [0.29, 0.717) is 42.0 Å². The van der Waals surface area contributed by atoms with Crippen molar-refractivity contribution in [1.29, 1.82) is 0 Å². The molecule has 0 saturated carbocycles. The Balaban J connectivity index is 1.81. The van der Waals surface area contributed by atoms with Gasteiger partial charge < -0.3 is 10.2 Å². The van der Waals surface area contributed by atoms with Gasteiger partial charge in [0.15, 0.2) is 5.78 Å². The van der Waals surface area contributed by atoms with Crippen LogP contribution in [0.4, 0.5) is 20.2 Å². The van der Waals surface area contributed by atoms with Crippen molar-refractivity contribution < 1.29 is 18.4 Å². The first-order valence-corrected chi connectivity index (χ1v) is 10.6. The van der Waals surface area contributed by atoms with Crippen LogP contribution in [0.1, 0.15) is 32.3 Å². The molecule has 0 aromatic heterocycles. The number of hydrogen-bond acceptors (Lipinski definition) is 3. The van der Waals surface area contributed by atoms with E-state index < -0.39 is 11.6 Å². The minimum atomic E-state index is -0.623. The SMILES string of the molecule is CC(=O)/C=C(/C)Nc1cc(Cl)c(N2CC(Cc3ccc(F)cc3F)CCC2=O)c(Cl)c1. The van der Waals surface area contributed by atoms with Crippen molar-refractivity contribution >= 4 is 46.3 Å². The number of benzene rings is 2. The highest BCUT2D eigenvalue weighted by Gasteiger charge is 2.30. The number of piperidine rings is 1. The average Bonchev–Trinajstić information content (AvgIpc) is 2.65. The van der Waals surface area contributed by atoms with Gasteiger partial charge in [-0.25, -0.2) is 8.78 Å². The van der Waals surface area contributed by atoms with E-state index in [1.807, 2.05) is 0 Å². The van der Waals surface area contributed by atoms with Crippen LogP contribution in [-0.4, -0.2) is 18.2 Å². The van der Waals surface area contributed by atoms with Crippen LogP contribution in [0.5, 0.6) is 0 Å². The van der Waals surface area contributed by atoms with E-state index in [0.717, 1.165) is 6.07 Å². The Morgan fingerprint density at radius 3 is 2.48 bits per heavy atom. The van der Waals surface area contributed by atoms with Gasteiger partial charge in [-0.15, -0.1) is 0 Å². The number of amides is 1. The third-order valence-corrected chi connectivity index (χ3v) is 5.66. The maximum atomic E-state index is 14.1. The molecule has 0 spiro atoms. The Bertz CT molecular complexity index is 1030. The number of nitrogens with zero attached hydrogens (tertiary/aromatic N) is 1. The molecule has 1 aliphatic heterocycles. The van der Waals surface area contributed by atoms with Gasteiger partial charge in [0.1, 0.15) is 11.6 Å². The summed E-state index contributed by atoms with van der Waals surface area (Å²) >= 11 is 12.9. The molecule has 164 valence electrons. The number of hydrogen-bond donors (Lipinski definition) is 1. The van der Waals surface area contributed by atoms with Crippen LogP contribution < -0.4 is 10.2 Å². The van der Waals surface area contributed by atoms with E-state index in [1.165, 1.54) is 30.0 Å². The topological polar surface area (TPSA) is 49.4 Å². The maximum Gasteiger partial charge on any atom is 0.227 e. The second-order valence-electron chi connectivity index (χ2n) is 7.70. The van der Waals surface area contributed by atoms with Crippen molar-refractivity contribution in [2.45, 2.75) is 33.1 Å². The van der Waals surface area contributed by atoms with Crippen molar-refractivity contribution in [2.24, 2.45) is 5.92 Å². The van der Waals surface area contributed by atoms with Gasteiger partial charge >= 0.3 is 0 Å². The highest BCUT2D eigenvalue weighted by Crippen LogP contribution is 2.39. The maximum absolute atomic E-state index is 14.1. The van der Waals surface area contributed by atoms with Crippen molar-refractivity contribution in [3.63, 3.8) is 0 Å². The van der Waals surface area contributed by atoms with Crippen LogP contribution in [0, 0.1) is 17.6 Å². The van der Waals surface area contributed by atoms with Crippen LogP contribution in [0.15, 0.2) is 42.1 Å². The molecule has 4 nitrogen and oxygen atoms in total. The molecule has 1 atom stereocenters. The smallest absolute Gasteiger partial charge is 0.227 e. The van der Waals surface area contributed by atoms with Gasteiger partial charge in [-0.05, 0) is 62.4 Å². The van der Waals surface area contributed by atoms with Gasteiger partial charge in [0.05, 0.1) is 15.7 Å². The van der Waals surface area contributed by atoms with Gasteiger partial charge in [-0.3, -0.25) is 9.59 Å². The molecule has 1 N–H and O–H groups in total. The summed E-state index contributed by atoms with van der Waals surface area (Å²) in [5.41, 5.74) is 2.02. The summed E-state index contributed by atoms with van der Waals surface area (Å²) in [7, 11) is 0. The second-order valence-corrected chi connectivity index (χ2v) is 8.51. The number of anilines is 2. The zero-order valence-corrected chi connectivity index (χ0v) is 18.7. The summed E-state index contributed by atoms with van der Waals surface area (Å²) in [4.78, 5) is 25.4. The molecular weight excluding hydrogens is 445 g/mol. The molecule has 3 rings (SSSR count). The van der Waals surface area contributed by atoms with Crippen LogP contribution in [-0.2, 0) is 16.0 Å². The number of ketones is 1. The van der Waals surface area contributed by atoms with E-state index in [2.05, 4.69) is 5.32 Å². The second kappa shape index (κ2) is 9.79. The Morgan fingerprint density at radius 1 is 1.19 bits per heavy atom. The zero-order valence-electron chi connectivity index (χ0n) is 17.1. The first-order valence-electron chi connectivity index (χ1n) is 9.83. The normalized spacial score (nSPS) is 17.1. The quantitative estimate of drug-likeness (QED) is 0.518. The monoisotopic (exact) mass is 466 g/mol. The van der Waals surface area contributed by atoms with Crippen LogP contribution >= 0.6 is 23.2 Å². The fourth-order valence-corrected chi connectivity index (χ4v) is 4.45. The summed E-state index contributed by atoms with van der Waals surface area (Å²) in [5.74, 6) is -1.45. The number of carbonyl (C=O) groups is 2. The third-order valence-electron chi connectivity index (χ3n) is 5.08. The molecule has 0 radical (unpaired) electrons. The van der Waals surface area contributed by atoms with E-state index in [4.69, 9.17) is 23.2 Å². The van der Waals surface area contributed by atoms with Crippen molar-refractivity contribution in [3.8, 4) is 0 Å². The molecular formula is C23H22Cl2F2N2O2. The molecule has 2 aromatic rings. The Morgan fingerprint density at radius 2 is 1.87 bits per heavy atom. The predicted octanol–water partition coefficient (Wildman–Crippen LogP) is 6.16. The minimum Gasteiger partial charge on any atom is -0.359 e. The Kier molecular flexibility index (Phi) is 7.34. The van der Waals surface area contributed by atoms with Crippen LogP contribution in [0.25, 0.3) is 0 Å². The summed E-state index contributed by atoms with van der Waals surface area (Å²) in [6.45, 7) is 3.51. The standard InChI is InChI=1S/C23H22Cl2F2N2O2/c1-13(7-14(2)30)28-18-10-19(24)23(20(25)11-18)29-12-15(3-6-22(29)31)8-16-4-5-17(26)9-21(16)27/h4-5,7,9-11,15,28H,3,6,8,12H2,1-2H3/b13-7-. The zero-order chi connectivity index (χ0) is 22.7. The van der Waals surface area contributed by atoms with Gasteiger partial charge in [0, 0.05) is 30.4 Å². The van der Waals surface area contributed by atoms with Gasteiger partial charge in [0.25, 0.3) is 0 Å². The Hall–Kier alpha value is -2.44. The van der Waals surface area contributed by atoms with Gasteiger partial charge in [-0.2, -0.15) is 0 Å². The van der Waals surface area contributed by atoms with Crippen LogP contribution in [0.3, 0.4) is 0 Å². The molecule has 8 heteroatoms. The third kappa shape index (κ3) is 5.83. The van der Waals surface area contributed by atoms with E-state index in [1.54, 1.807) is 19.1 Å². The molecule has 1 heterocycles.